The number of carbonyl (C=O) groups excluding carboxylic acids is 1. The molecule has 0 aliphatic heterocycles. The van der Waals surface area contributed by atoms with E-state index in [0.717, 1.165) is 20.2 Å². The molecule has 1 N–H and O–H groups in total. The number of hydrogen-bond acceptors (Lipinski definition) is 8. The van der Waals surface area contributed by atoms with E-state index in [1.807, 2.05) is 0 Å². The van der Waals surface area contributed by atoms with E-state index in [2.05, 4.69) is 9.97 Å². The molecule has 0 unspecified atom stereocenters. The van der Waals surface area contributed by atoms with Gasteiger partial charge < -0.3 is 4.74 Å². The summed E-state index contributed by atoms with van der Waals surface area (Å²) in [6, 6.07) is 4.35. The number of sulfonamides is 1. The molecule has 0 bridgehead atoms. The van der Waals surface area contributed by atoms with E-state index < -0.39 is 38.5 Å². The van der Waals surface area contributed by atoms with Gasteiger partial charge in [0.25, 0.3) is 15.6 Å². The normalized spacial score (nSPS) is 15.3. The van der Waals surface area contributed by atoms with Gasteiger partial charge in [0.1, 0.15) is 19.8 Å². The van der Waals surface area contributed by atoms with Gasteiger partial charge >= 0.3 is 11.8 Å². The summed E-state index contributed by atoms with van der Waals surface area (Å²) < 4.78 is 33.9. The third-order valence-electron chi connectivity index (χ3n) is 5.30. The number of nitrogens with one attached hydrogen (secondary N) is 1. The quantitative estimate of drug-likeness (QED) is 0.504. The van der Waals surface area contributed by atoms with Gasteiger partial charge in [-0.2, -0.15) is 12.7 Å². The summed E-state index contributed by atoms with van der Waals surface area (Å²) in [7, 11) is -4.35. The lowest BCUT2D eigenvalue weighted by atomic mass is 10.2. The molecular weight excluding hydrogens is 504 g/mol. The molecule has 1 aliphatic carbocycles. The Balaban J connectivity index is 1.77. The van der Waals surface area contributed by atoms with Crippen LogP contribution in [-0.4, -0.2) is 44.5 Å². The van der Waals surface area contributed by atoms with Crippen LogP contribution in [0.5, 0.6) is 0 Å². The molecule has 0 saturated heterocycles. The van der Waals surface area contributed by atoms with E-state index in [0.29, 0.717) is 18.4 Å². The lowest BCUT2D eigenvalue weighted by Gasteiger charge is -2.30. The Morgan fingerprint density at radius 3 is 2.56 bits per heavy atom. The maximum Gasteiger partial charge on any atom is 0.424 e. The number of halogens is 1. The van der Waals surface area contributed by atoms with Crippen molar-refractivity contribution in [1.29, 1.82) is 0 Å². The molecule has 13 heteroatoms. The number of pyridine rings is 1. The zero-order valence-electron chi connectivity index (χ0n) is 18.9. The van der Waals surface area contributed by atoms with Crippen LogP contribution >= 0.6 is 22.9 Å². The predicted molar refractivity (Wildman–Crippen MR) is 128 cm³/mol. The molecule has 4 rings (SSSR count). The van der Waals surface area contributed by atoms with Gasteiger partial charge in [-0.05, 0) is 58.2 Å². The van der Waals surface area contributed by atoms with Crippen LogP contribution in [0.1, 0.15) is 46.1 Å². The largest absolute Gasteiger partial charge is 0.443 e. The second kappa shape index (κ2) is 8.21. The van der Waals surface area contributed by atoms with Crippen molar-refractivity contribution in [1.82, 2.24) is 18.8 Å². The first-order valence-electron chi connectivity index (χ1n) is 10.4. The standard InChI is InChI=1S/C21H23ClN4O6S2/c1-20(2,3)32-19(29)26(21(4)7-8-21)34(30,31)15-9-13-16(33-15)24-18(28)25(17(13)27)11-12-5-6-14(22)23-10-12/h5-6,9-10H,7-8,11H2,1-4H3,(H,24,28). The monoisotopic (exact) mass is 526 g/mol. The summed E-state index contributed by atoms with van der Waals surface area (Å²) in [5.41, 5.74) is -2.60. The number of nitrogens with zero attached hydrogens (tertiary/aromatic N) is 3. The van der Waals surface area contributed by atoms with Gasteiger partial charge in [-0.15, -0.1) is 11.3 Å². The number of thiophene rings is 1. The molecule has 34 heavy (non-hydrogen) atoms. The lowest BCUT2D eigenvalue weighted by molar-refractivity contribution is 0.0332. The van der Waals surface area contributed by atoms with Gasteiger partial charge in [0.05, 0.1) is 17.5 Å². The van der Waals surface area contributed by atoms with E-state index >= 15 is 0 Å². The Bertz CT molecular complexity index is 1500. The molecule has 1 fully saturated rings. The number of carbonyl (C=O) groups is 1. The van der Waals surface area contributed by atoms with Crippen molar-refractivity contribution in [3.8, 4) is 0 Å². The highest BCUT2D eigenvalue weighted by Gasteiger charge is 2.54. The minimum Gasteiger partial charge on any atom is -0.443 e. The zero-order chi connectivity index (χ0) is 25.1. The van der Waals surface area contributed by atoms with Crippen LogP contribution in [0.3, 0.4) is 0 Å². The lowest BCUT2D eigenvalue weighted by Crippen LogP contribution is -2.47. The molecule has 0 radical (unpaired) electrons. The van der Waals surface area contributed by atoms with E-state index in [1.165, 1.54) is 18.3 Å². The maximum absolute atomic E-state index is 13.5. The van der Waals surface area contributed by atoms with Crippen LogP contribution in [0.4, 0.5) is 4.79 Å². The SMILES string of the molecule is CC(C)(C)OC(=O)N(C1(C)CC1)S(=O)(=O)c1cc2c(=O)n(Cc3ccc(Cl)nc3)c(=O)[nH]c2s1. The van der Waals surface area contributed by atoms with Crippen molar-refractivity contribution in [3.05, 3.63) is 56.0 Å². The summed E-state index contributed by atoms with van der Waals surface area (Å²) in [4.78, 5) is 45.1. The summed E-state index contributed by atoms with van der Waals surface area (Å²) in [6.45, 7) is 6.53. The fraction of sp³-hybridized carbons (Fsp3) is 0.429. The maximum atomic E-state index is 13.5. The third kappa shape index (κ3) is 4.62. The van der Waals surface area contributed by atoms with Crippen LogP contribution < -0.4 is 11.2 Å². The summed E-state index contributed by atoms with van der Waals surface area (Å²) in [6.07, 6.45) is 1.45. The molecule has 0 aromatic carbocycles. The van der Waals surface area contributed by atoms with Gasteiger partial charge in [-0.25, -0.2) is 14.6 Å². The number of H-pyrrole nitrogens is 1. The van der Waals surface area contributed by atoms with E-state index in [4.69, 9.17) is 16.3 Å². The fourth-order valence-electron chi connectivity index (χ4n) is 3.36. The fourth-order valence-corrected chi connectivity index (χ4v) is 6.58. The minimum atomic E-state index is -4.35. The molecular formula is C21H23ClN4O6S2. The Morgan fingerprint density at radius 2 is 2.00 bits per heavy atom. The van der Waals surface area contributed by atoms with Gasteiger partial charge in [0, 0.05) is 6.20 Å². The Labute approximate surface area is 204 Å². The van der Waals surface area contributed by atoms with Crippen molar-refractivity contribution in [2.45, 2.75) is 62.4 Å². The molecule has 182 valence electrons. The number of ether oxygens (including phenoxy) is 1. The first-order valence-corrected chi connectivity index (χ1v) is 13.0. The van der Waals surface area contributed by atoms with Crippen molar-refractivity contribution in [2.24, 2.45) is 0 Å². The highest BCUT2D eigenvalue weighted by Crippen LogP contribution is 2.45. The summed E-state index contributed by atoms with van der Waals surface area (Å²) in [5.74, 6) is 0. The molecule has 0 spiro atoms. The molecule has 10 nitrogen and oxygen atoms in total. The highest BCUT2D eigenvalue weighted by atomic mass is 35.5. The Morgan fingerprint density at radius 1 is 1.32 bits per heavy atom. The predicted octanol–water partition coefficient (Wildman–Crippen LogP) is 3.33. The van der Waals surface area contributed by atoms with Crippen molar-refractivity contribution >= 4 is 49.3 Å². The smallest absolute Gasteiger partial charge is 0.424 e. The van der Waals surface area contributed by atoms with E-state index in [9.17, 15) is 22.8 Å². The topological polar surface area (TPSA) is 131 Å². The first-order chi connectivity index (χ1) is 15.7. The molecule has 3 aromatic rings. The summed E-state index contributed by atoms with van der Waals surface area (Å²) >= 11 is 6.50. The van der Waals surface area contributed by atoms with Crippen molar-refractivity contribution < 1.29 is 17.9 Å². The number of amides is 1. The molecule has 3 aromatic heterocycles. The van der Waals surface area contributed by atoms with Crippen LogP contribution in [0.2, 0.25) is 5.15 Å². The number of aromatic nitrogens is 3. The Kier molecular flexibility index (Phi) is 5.90. The molecule has 1 amide bonds. The van der Waals surface area contributed by atoms with Crippen molar-refractivity contribution in [3.63, 3.8) is 0 Å². The van der Waals surface area contributed by atoms with Gasteiger partial charge in [0.15, 0.2) is 0 Å². The second-order valence-corrected chi connectivity index (χ2v) is 12.8. The third-order valence-corrected chi connectivity index (χ3v) is 8.95. The van der Waals surface area contributed by atoms with Gasteiger partial charge in [0.2, 0.25) is 0 Å². The van der Waals surface area contributed by atoms with E-state index in [-0.39, 0.29) is 26.1 Å². The number of aromatic amines is 1. The number of fused-ring (bicyclic) bond motifs is 1. The van der Waals surface area contributed by atoms with E-state index in [1.54, 1.807) is 33.8 Å². The summed E-state index contributed by atoms with van der Waals surface area (Å²) in [5, 5.41) is 0.294. The first kappa shape index (κ1) is 24.4. The molecule has 1 saturated carbocycles. The van der Waals surface area contributed by atoms with Gasteiger partial charge in [-0.3, -0.25) is 14.3 Å². The second-order valence-electron chi connectivity index (χ2n) is 9.37. The van der Waals surface area contributed by atoms with Crippen molar-refractivity contribution in [2.75, 3.05) is 0 Å². The Hall–Kier alpha value is -2.70. The highest BCUT2D eigenvalue weighted by molar-refractivity contribution is 7.92. The van der Waals surface area contributed by atoms with Crippen LogP contribution in [-0.2, 0) is 21.3 Å². The number of hydrogen-bond donors (Lipinski definition) is 1. The number of rotatable bonds is 5. The van der Waals surface area contributed by atoms with Crippen LogP contribution in [0.15, 0.2) is 38.2 Å². The average molecular weight is 527 g/mol. The van der Waals surface area contributed by atoms with Gasteiger partial charge in [-0.1, -0.05) is 17.7 Å². The molecule has 3 heterocycles. The average Bonchev–Trinajstić information content (AvgIpc) is 3.27. The molecule has 1 aliphatic rings. The minimum absolute atomic E-state index is 0.0233. The molecule has 0 atom stereocenters. The van der Waals surface area contributed by atoms with Crippen LogP contribution in [0.25, 0.3) is 10.2 Å². The zero-order valence-corrected chi connectivity index (χ0v) is 21.3. The van der Waals surface area contributed by atoms with Crippen LogP contribution in [0, 0.1) is 0 Å².